The fourth-order valence-corrected chi connectivity index (χ4v) is 6.62. The number of carbonyl (C=O) groups excluding carboxylic acids is 1. The number of carbonyl (C=O) groups is 1. The van der Waals surface area contributed by atoms with Gasteiger partial charge in [0.25, 0.3) is 5.56 Å². The Morgan fingerprint density at radius 3 is 2.77 bits per heavy atom. The molecule has 3 heterocycles. The van der Waals surface area contributed by atoms with Crippen LogP contribution in [-0.4, -0.2) is 68.8 Å². The minimum Gasteiger partial charge on any atom is -0.390 e. The second-order valence-corrected chi connectivity index (χ2v) is 13.4. The maximum atomic E-state index is 12.8. The van der Waals surface area contributed by atoms with Crippen molar-refractivity contribution in [2.24, 2.45) is 10.9 Å². The highest BCUT2D eigenvalue weighted by atomic mass is 35.5. The lowest BCUT2D eigenvalue weighted by molar-refractivity contribution is -0.119. The lowest BCUT2D eigenvalue weighted by atomic mass is 9.77. The smallest absolute Gasteiger partial charge is 0.253 e. The third-order valence-corrected chi connectivity index (χ3v) is 9.39. The molecular formula is C37H45ClN6O4. The summed E-state index contributed by atoms with van der Waals surface area (Å²) in [6.45, 7) is 7.27. The Morgan fingerprint density at radius 1 is 1.21 bits per heavy atom. The molecule has 5 rings (SSSR count). The van der Waals surface area contributed by atoms with E-state index in [0.717, 1.165) is 23.1 Å². The number of aromatic amines is 1. The van der Waals surface area contributed by atoms with E-state index in [1.807, 2.05) is 61.6 Å². The molecule has 10 nitrogen and oxygen atoms in total. The van der Waals surface area contributed by atoms with Crippen LogP contribution in [0.3, 0.4) is 0 Å². The Bertz CT molecular complexity index is 1680. The van der Waals surface area contributed by atoms with Crippen molar-refractivity contribution in [1.29, 1.82) is 0 Å². The number of dihydropyridines is 1. The average molecular weight is 673 g/mol. The molecule has 1 saturated heterocycles. The first-order valence-corrected chi connectivity index (χ1v) is 16.9. The summed E-state index contributed by atoms with van der Waals surface area (Å²) in [5.41, 5.74) is 2.71. The van der Waals surface area contributed by atoms with Gasteiger partial charge < -0.3 is 31.1 Å². The molecule has 0 bridgehead atoms. The van der Waals surface area contributed by atoms with Crippen LogP contribution in [0.4, 0.5) is 0 Å². The van der Waals surface area contributed by atoms with Gasteiger partial charge in [-0.15, -0.1) is 6.58 Å². The van der Waals surface area contributed by atoms with Gasteiger partial charge in [0.15, 0.2) is 6.23 Å². The van der Waals surface area contributed by atoms with Gasteiger partial charge in [-0.1, -0.05) is 54.1 Å². The molecule has 1 aromatic heterocycles. The Hall–Kier alpha value is -3.93. The molecule has 48 heavy (non-hydrogen) atoms. The minimum absolute atomic E-state index is 0.0586. The van der Waals surface area contributed by atoms with Crippen LogP contribution in [0.1, 0.15) is 67.2 Å². The molecular weight excluding hydrogens is 628 g/mol. The van der Waals surface area contributed by atoms with Gasteiger partial charge in [0, 0.05) is 79.7 Å². The van der Waals surface area contributed by atoms with E-state index in [9.17, 15) is 19.8 Å². The monoisotopic (exact) mass is 672 g/mol. The van der Waals surface area contributed by atoms with Crippen molar-refractivity contribution in [3.63, 3.8) is 0 Å². The molecule has 2 aromatic rings. The van der Waals surface area contributed by atoms with Crippen molar-refractivity contribution in [3.8, 4) is 0 Å². The number of allylic oxidation sites excluding steroid dienone is 3. The molecule has 2 aliphatic heterocycles. The number of hydrogen-bond donors (Lipinski definition) is 6. The van der Waals surface area contributed by atoms with Crippen LogP contribution in [0.5, 0.6) is 0 Å². The number of hydrogen-bond acceptors (Lipinski definition) is 8. The molecule has 3 aliphatic rings. The van der Waals surface area contributed by atoms with Gasteiger partial charge in [0.05, 0.1) is 16.3 Å². The number of H-pyrrole nitrogens is 1. The molecule has 2 fully saturated rings. The van der Waals surface area contributed by atoms with Crippen molar-refractivity contribution >= 4 is 29.3 Å². The zero-order valence-corrected chi connectivity index (χ0v) is 28.0. The standard InChI is InChI=1S/C37H45ClN6O4/c1-3-5-25(9-8-24-14-16-39-20-27(35(46)41-17-15-24)21-40-23-28-11-13-33(45)43-28)30-6-4-7-31(34(30)38)32-12-10-26(36(47)44-32)22-42-29-18-37(2,48)19-29/h3-4,6-10,12,14-17,20,25-26,28-29,36,40,42,47-48H,1,5,11,13,18-19,21-23H2,2H3,(H,41,46)(H,43,45)/b9-8+/t25?,26?,28-,29?,36?,37?/m0/s1. The average Bonchev–Trinajstić information content (AvgIpc) is 3.46. The largest absolute Gasteiger partial charge is 0.390 e. The van der Waals surface area contributed by atoms with Crippen molar-refractivity contribution in [2.75, 3.05) is 13.1 Å². The molecule has 3 unspecified atom stereocenters. The summed E-state index contributed by atoms with van der Waals surface area (Å²) in [6, 6.07) is 9.80. The van der Waals surface area contributed by atoms with E-state index in [2.05, 4.69) is 37.5 Å². The predicted octanol–water partition coefficient (Wildman–Crippen LogP) is 4.09. The second-order valence-electron chi connectivity index (χ2n) is 13.0. The molecule has 6 N–H and O–H groups in total. The topological polar surface area (TPSA) is 152 Å². The lowest BCUT2D eigenvalue weighted by Crippen LogP contribution is -2.53. The zero-order chi connectivity index (χ0) is 34.1. The summed E-state index contributed by atoms with van der Waals surface area (Å²) in [5, 5.41) is 30.9. The van der Waals surface area contributed by atoms with Crippen LogP contribution >= 0.6 is 11.6 Å². The highest BCUT2D eigenvalue weighted by molar-refractivity contribution is 6.36. The number of nitrogens with zero attached hydrogens (tertiary/aromatic N) is 2. The van der Waals surface area contributed by atoms with Crippen molar-refractivity contribution in [3.05, 3.63) is 117 Å². The second kappa shape index (κ2) is 16.5. The quantitative estimate of drug-likeness (QED) is 0.176. The number of aliphatic imine (C=N–C) groups is 1. The molecule has 254 valence electrons. The summed E-state index contributed by atoms with van der Waals surface area (Å²) in [5.74, 6) is -0.207. The maximum absolute atomic E-state index is 12.8. The molecule has 1 aliphatic carbocycles. The van der Waals surface area contributed by atoms with Crippen LogP contribution in [0.2, 0.25) is 5.02 Å². The Morgan fingerprint density at radius 2 is 2.04 bits per heavy atom. The van der Waals surface area contributed by atoms with Gasteiger partial charge in [-0.25, -0.2) is 0 Å². The summed E-state index contributed by atoms with van der Waals surface area (Å²) in [4.78, 5) is 35.9. The van der Waals surface area contributed by atoms with E-state index in [1.54, 1.807) is 18.5 Å². The van der Waals surface area contributed by atoms with Gasteiger partial charge in [0.1, 0.15) is 0 Å². The first kappa shape index (κ1) is 35.4. The first-order chi connectivity index (χ1) is 23.1. The minimum atomic E-state index is -0.904. The fourth-order valence-electron chi connectivity index (χ4n) is 6.26. The molecule has 0 radical (unpaired) electrons. The van der Waals surface area contributed by atoms with Gasteiger partial charge in [-0.2, -0.15) is 0 Å². The molecule has 4 atom stereocenters. The molecule has 1 saturated carbocycles. The summed E-state index contributed by atoms with van der Waals surface area (Å²) in [6.07, 6.45) is 17.0. The highest BCUT2D eigenvalue weighted by Crippen LogP contribution is 2.34. The van der Waals surface area contributed by atoms with Crippen molar-refractivity contribution < 1.29 is 15.0 Å². The van der Waals surface area contributed by atoms with Gasteiger partial charge in [0.2, 0.25) is 5.91 Å². The summed E-state index contributed by atoms with van der Waals surface area (Å²) in [7, 11) is 0. The Kier molecular flexibility index (Phi) is 12.1. The summed E-state index contributed by atoms with van der Waals surface area (Å²) >= 11 is 7.00. The number of halogens is 1. The van der Waals surface area contributed by atoms with Gasteiger partial charge in [-0.3, -0.25) is 19.6 Å². The third-order valence-electron chi connectivity index (χ3n) is 8.97. The first-order valence-electron chi connectivity index (χ1n) is 16.5. The highest BCUT2D eigenvalue weighted by Gasteiger charge is 2.38. The zero-order valence-electron chi connectivity index (χ0n) is 27.2. The van der Waals surface area contributed by atoms with E-state index in [-0.39, 0.29) is 35.4 Å². The van der Waals surface area contributed by atoms with Crippen LogP contribution < -0.4 is 21.5 Å². The molecule has 0 spiro atoms. The van der Waals surface area contributed by atoms with Crippen LogP contribution in [0.15, 0.2) is 89.6 Å². The van der Waals surface area contributed by atoms with Crippen LogP contribution in [-0.2, 0) is 11.3 Å². The predicted molar refractivity (Wildman–Crippen MR) is 190 cm³/mol. The third kappa shape index (κ3) is 9.58. The fraction of sp³-hybridized carbons (Fsp3) is 0.405. The van der Waals surface area contributed by atoms with E-state index in [0.29, 0.717) is 61.6 Å². The van der Waals surface area contributed by atoms with E-state index < -0.39 is 11.8 Å². The normalized spacial score (nSPS) is 25.6. The van der Waals surface area contributed by atoms with Crippen molar-refractivity contribution in [2.45, 2.75) is 75.4 Å². The molecule has 1 amide bonds. The van der Waals surface area contributed by atoms with Gasteiger partial charge in [-0.05, 0) is 61.9 Å². The number of nitrogens with one attached hydrogen (secondary N) is 4. The molecule has 1 aromatic carbocycles. The van der Waals surface area contributed by atoms with Crippen molar-refractivity contribution in [1.82, 2.24) is 25.9 Å². The number of amides is 1. The number of benzene rings is 1. The lowest BCUT2D eigenvalue weighted by Gasteiger charge is -2.42. The van der Waals surface area contributed by atoms with E-state index in [4.69, 9.17) is 11.6 Å². The Labute approximate surface area is 286 Å². The number of aliphatic hydroxyl groups excluding tert-OH is 1. The number of rotatable bonds is 13. The SMILES string of the molecule is C=CCC(/C=C/c1ccncc(CNC[C@@H]2CCC(=O)N2)c(=O)[nH]cc1)c1cccc(C2=NC(O)C(CNC3CC(C)(O)C3)C=C2)c1Cl. The molecule has 11 heteroatoms. The van der Waals surface area contributed by atoms with Crippen LogP contribution in [0.25, 0.3) is 6.08 Å². The summed E-state index contributed by atoms with van der Waals surface area (Å²) < 4.78 is 0. The number of aliphatic hydroxyl groups is 2. The van der Waals surface area contributed by atoms with E-state index in [1.165, 1.54) is 6.20 Å². The maximum Gasteiger partial charge on any atom is 0.253 e. The van der Waals surface area contributed by atoms with Gasteiger partial charge >= 0.3 is 0 Å². The number of aromatic nitrogens is 2. The Balaban J connectivity index is 1.26. The van der Waals surface area contributed by atoms with E-state index >= 15 is 0 Å². The van der Waals surface area contributed by atoms with Crippen LogP contribution in [0, 0.1) is 5.92 Å².